The Labute approximate surface area is 173 Å². The monoisotopic (exact) mass is 437 g/mol. The minimum atomic E-state index is -1.39. The molecule has 0 aliphatic carbocycles. The standard InChI is InChI=1S/C18H17F2N5O4S/c1-9-2-3-10(14(20)13(9)19)7-29-15-12(17(26)27)16(30-25-15)24-18(28)22-5-4-11-6-21-8-23-11/h2-3,6,8H,4-5,7H2,1H3,(H,21,23)(H,26,27)(H2,22,24,28). The summed E-state index contributed by atoms with van der Waals surface area (Å²) >= 11 is 0.697. The molecule has 0 atom stereocenters. The first-order valence-corrected chi connectivity index (χ1v) is 9.45. The number of aromatic nitrogens is 3. The van der Waals surface area contributed by atoms with Gasteiger partial charge < -0.3 is 20.1 Å². The van der Waals surface area contributed by atoms with Gasteiger partial charge in [-0.05, 0) is 24.0 Å². The normalized spacial score (nSPS) is 10.6. The number of carbonyl (C=O) groups is 2. The highest BCUT2D eigenvalue weighted by Crippen LogP contribution is 2.31. The Morgan fingerprint density at radius 2 is 2.10 bits per heavy atom. The van der Waals surface area contributed by atoms with Gasteiger partial charge in [0.05, 0.1) is 6.33 Å². The number of aromatic amines is 1. The molecule has 158 valence electrons. The van der Waals surface area contributed by atoms with Gasteiger partial charge in [0.25, 0.3) is 0 Å². The molecule has 3 rings (SSSR count). The molecule has 0 fully saturated rings. The fourth-order valence-electron chi connectivity index (χ4n) is 2.47. The molecule has 3 aromatic rings. The van der Waals surface area contributed by atoms with Gasteiger partial charge in [0.2, 0.25) is 5.88 Å². The number of carboxylic acid groups (broad SMARTS) is 1. The Kier molecular flexibility index (Phi) is 6.57. The number of halogens is 2. The second-order valence-electron chi connectivity index (χ2n) is 6.16. The SMILES string of the molecule is Cc1ccc(COc2nsc(NC(=O)NCCc3cnc[nH]3)c2C(=O)O)c(F)c1F. The summed E-state index contributed by atoms with van der Waals surface area (Å²) < 4.78 is 36.8. The number of nitrogens with one attached hydrogen (secondary N) is 3. The van der Waals surface area contributed by atoms with E-state index in [1.54, 1.807) is 6.20 Å². The molecule has 2 aromatic heterocycles. The summed E-state index contributed by atoms with van der Waals surface area (Å²) in [4.78, 5) is 30.4. The molecule has 0 aliphatic rings. The number of imidazole rings is 1. The quantitative estimate of drug-likeness (QED) is 0.429. The first-order valence-electron chi connectivity index (χ1n) is 8.68. The molecule has 0 spiro atoms. The number of carbonyl (C=O) groups excluding carboxylic acids is 1. The van der Waals surface area contributed by atoms with Gasteiger partial charge in [-0.25, -0.2) is 23.4 Å². The number of aryl methyl sites for hydroxylation is 1. The third-order valence-corrected chi connectivity index (χ3v) is 4.80. The van der Waals surface area contributed by atoms with Gasteiger partial charge in [0.1, 0.15) is 11.6 Å². The molecule has 0 unspecified atom stereocenters. The molecule has 30 heavy (non-hydrogen) atoms. The Bertz CT molecular complexity index is 1060. The molecular formula is C18H17F2N5O4S. The second-order valence-corrected chi connectivity index (χ2v) is 6.94. The van der Waals surface area contributed by atoms with Crippen molar-refractivity contribution in [1.29, 1.82) is 0 Å². The number of rotatable bonds is 8. The van der Waals surface area contributed by atoms with E-state index in [-0.39, 0.29) is 34.1 Å². The summed E-state index contributed by atoms with van der Waals surface area (Å²) in [5.41, 5.74) is 0.501. The van der Waals surface area contributed by atoms with Crippen LogP contribution in [0.5, 0.6) is 5.88 Å². The summed E-state index contributed by atoms with van der Waals surface area (Å²) in [7, 11) is 0. The van der Waals surface area contributed by atoms with Crippen molar-refractivity contribution in [3.63, 3.8) is 0 Å². The highest BCUT2D eigenvalue weighted by atomic mass is 32.1. The van der Waals surface area contributed by atoms with Crippen LogP contribution in [0.15, 0.2) is 24.7 Å². The summed E-state index contributed by atoms with van der Waals surface area (Å²) in [6.45, 7) is 1.28. The minimum absolute atomic E-state index is 0.0490. The number of urea groups is 1. The van der Waals surface area contributed by atoms with Gasteiger partial charge >= 0.3 is 12.0 Å². The van der Waals surface area contributed by atoms with Crippen molar-refractivity contribution in [2.45, 2.75) is 20.0 Å². The summed E-state index contributed by atoms with van der Waals surface area (Å²) in [5.74, 6) is -3.76. The van der Waals surface area contributed by atoms with Crippen molar-refractivity contribution >= 4 is 28.5 Å². The number of hydrogen-bond acceptors (Lipinski definition) is 6. The van der Waals surface area contributed by atoms with Crippen LogP contribution in [0.4, 0.5) is 18.6 Å². The van der Waals surface area contributed by atoms with E-state index in [0.29, 0.717) is 18.0 Å². The third kappa shape index (κ3) is 4.89. The zero-order chi connectivity index (χ0) is 21.7. The number of carboxylic acids is 1. The van der Waals surface area contributed by atoms with Crippen molar-refractivity contribution in [1.82, 2.24) is 19.7 Å². The molecule has 9 nitrogen and oxygen atoms in total. The summed E-state index contributed by atoms with van der Waals surface area (Å²) in [6, 6.07) is 2.10. The maximum Gasteiger partial charge on any atom is 0.344 e. The van der Waals surface area contributed by atoms with Crippen molar-refractivity contribution in [3.05, 3.63) is 58.7 Å². The average molecular weight is 437 g/mol. The predicted molar refractivity (Wildman–Crippen MR) is 104 cm³/mol. The number of hydrogen-bond donors (Lipinski definition) is 4. The van der Waals surface area contributed by atoms with Gasteiger partial charge in [-0.1, -0.05) is 12.1 Å². The van der Waals surface area contributed by atoms with Crippen LogP contribution < -0.4 is 15.4 Å². The number of H-pyrrole nitrogens is 1. The molecule has 0 aliphatic heterocycles. The average Bonchev–Trinajstić information content (AvgIpc) is 3.35. The minimum Gasteiger partial charge on any atom is -0.477 e. The molecule has 4 N–H and O–H groups in total. The fraction of sp³-hybridized carbons (Fsp3) is 0.222. The van der Waals surface area contributed by atoms with E-state index in [0.717, 1.165) is 5.69 Å². The maximum absolute atomic E-state index is 14.0. The lowest BCUT2D eigenvalue weighted by atomic mass is 10.1. The lowest BCUT2D eigenvalue weighted by Gasteiger charge is -2.08. The Morgan fingerprint density at radius 3 is 2.80 bits per heavy atom. The molecule has 2 amide bonds. The number of anilines is 1. The molecule has 1 aromatic carbocycles. The molecule has 0 bridgehead atoms. The van der Waals surface area contributed by atoms with Crippen molar-refractivity contribution < 1.29 is 28.2 Å². The number of amides is 2. The number of nitrogens with zero attached hydrogens (tertiary/aromatic N) is 2. The zero-order valence-corrected chi connectivity index (χ0v) is 16.5. The number of benzene rings is 1. The molecule has 0 saturated heterocycles. The van der Waals surface area contributed by atoms with Crippen molar-refractivity contribution in [2.75, 3.05) is 11.9 Å². The van der Waals surface area contributed by atoms with E-state index in [4.69, 9.17) is 4.74 Å². The van der Waals surface area contributed by atoms with Crippen LogP contribution in [0.2, 0.25) is 0 Å². The lowest BCUT2D eigenvalue weighted by molar-refractivity contribution is 0.0693. The second kappa shape index (κ2) is 9.31. The van der Waals surface area contributed by atoms with Crippen molar-refractivity contribution in [3.8, 4) is 5.88 Å². The van der Waals surface area contributed by atoms with E-state index in [1.807, 2.05) is 0 Å². The fourth-order valence-corrected chi connectivity index (χ4v) is 3.19. The molecule has 12 heteroatoms. The Balaban J connectivity index is 1.64. The van der Waals surface area contributed by atoms with Gasteiger partial charge in [-0.3, -0.25) is 5.32 Å². The van der Waals surface area contributed by atoms with Crippen LogP contribution in [0, 0.1) is 18.6 Å². The topological polar surface area (TPSA) is 129 Å². The van der Waals surface area contributed by atoms with Gasteiger partial charge in [0.15, 0.2) is 17.2 Å². The summed E-state index contributed by atoms with van der Waals surface area (Å²) in [6.07, 6.45) is 3.65. The highest BCUT2D eigenvalue weighted by molar-refractivity contribution is 7.11. The van der Waals surface area contributed by atoms with Crippen LogP contribution in [-0.2, 0) is 13.0 Å². The van der Waals surface area contributed by atoms with E-state index >= 15 is 0 Å². The van der Waals surface area contributed by atoms with Crippen LogP contribution in [0.1, 0.15) is 27.2 Å². The van der Waals surface area contributed by atoms with E-state index < -0.39 is 30.2 Å². The highest BCUT2D eigenvalue weighted by Gasteiger charge is 2.24. The third-order valence-electron chi connectivity index (χ3n) is 4.06. The van der Waals surface area contributed by atoms with Gasteiger partial charge in [0, 0.05) is 30.4 Å². The largest absolute Gasteiger partial charge is 0.477 e. The van der Waals surface area contributed by atoms with Gasteiger partial charge in [-0.2, -0.15) is 4.37 Å². The smallest absolute Gasteiger partial charge is 0.344 e. The van der Waals surface area contributed by atoms with E-state index in [1.165, 1.54) is 25.4 Å². The number of aromatic carboxylic acids is 1. The molecule has 0 radical (unpaired) electrons. The van der Waals surface area contributed by atoms with E-state index in [9.17, 15) is 23.5 Å². The Hall–Kier alpha value is -3.54. The van der Waals surface area contributed by atoms with Crippen LogP contribution >= 0.6 is 11.5 Å². The Morgan fingerprint density at radius 1 is 1.30 bits per heavy atom. The molecule has 0 saturated carbocycles. The van der Waals surface area contributed by atoms with Crippen molar-refractivity contribution in [2.24, 2.45) is 0 Å². The van der Waals surface area contributed by atoms with Gasteiger partial charge in [-0.15, -0.1) is 0 Å². The predicted octanol–water partition coefficient (Wildman–Crippen LogP) is 3.09. The van der Waals surface area contributed by atoms with Crippen LogP contribution in [-0.4, -0.2) is 38.0 Å². The lowest BCUT2D eigenvalue weighted by Crippen LogP contribution is -2.30. The van der Waals surface area contributed by atoms with E-state index in [2.05, 4.69) is 25.0 Å². The first-order chi connectivity index (χ1) is 14.4. The maximum atomic E-state index is 14.0. The van der Waals surface area contributed by atoms with Crippen LogP contribution in [0.25, 0.3) is 0 Å². The molecular weight excluding hydrogens is 420 g/mol. The number of ether oxygens (including phenoxy) is 1. The first kappa shape index (κ1) is 21.2. The molecule has 2 heterocycles. The van der Waals surface area contributed by atoms with Crippen LogP contribution in [0.3, 0.4) is 0 Å². The zero-order valence-electron chi connectivity index (χ0n) is 15.7. The summed E-state index contributed by atoms with van der Waals surface area (Å²) in [5, 5.41) is 14.4.